The number of benzene rings is 2. The first-order valence-electron chi connectivity index (χ1n) is 10.4. The number of halogens is 2. The summed E-state index contributed by atoms with van der Waals surface area (Å²) in [6.07, 6.45) is 1.31. The third-order valence-corrected chi connectivity index (χ3v) is 7.04. The summed E-state index contributed by atoms with van der Waals surface area (Å²) in [5.74, 6) is -0.104. The minimum Gasteiger partial charge on any atom is -0.454 e. The van der Waals surface area contributed by atoms with E-state index in [0.717, 1.165) is 10.6 Å². The summed E-state index contributed by atoms with van der Waals surface area (Å²) >= 11 is 12.3. The Morgan fingerprint density at radius 3 is 2.44 bits per heavy atom. The Hall–Kier alpha value is -2.69. The van der Waals surface area contributed by atoms with Crippen molar-refractivity contribution in [1.29, 1.82) is 0 Å². The highest BCUT2D eigenvalue weighted by atomic mass is 35.5. The van der Waals surface area contributed by atoms with Crippen LogP contribution in [0.4, 0.5) is 5.69 Å². The van der Waals surface area contributed by atoms with Gasteiger partial charge in [0, 0.05) is 29.7 Å². The van der Waals surface area contributed by atoms with Gasteiger partial charge in [-0.25, -0.2) is 8.42 Å². The predicted octanol–water partition coefficient (Wildman–Crippen LogP) is 3.04. The fraction of sp³-hybridized carbons (Fsp3) is 0.364. The highest BCUT2D eigenvalue weighted by Crippen LogP contribution is 2.36. The molecule has 34 heavy (non-hydrogen) atoms. The third kappa shape index (κ3) is 5.86. The van der Waals surface area contributed by atoms with Crippen LogP contribution in [0.15, 0.2) is 36.4 Å². The Balaban J connectivity index is 1.96. The van der Waals surface area contributed by atoms with Crippen molar-refractivity contribution in [3.8, 4) is 11.5 Å². The van der Waals surface area contributed by atoms with E-state index in [1.807, 2.05) is 0 Å². The van der Waals surface area contributed by atoms with E-state index < -0.39 is 28.5 Å². The smallest absolute Gasteiger partial charge is 0.244 e. The highest BCUT2D eigenvalue weighted by Gasteiger charge is 2.32. The molecule has 3 rings (SSSR count). The largest absolute Gasteiger partial charge is 0.454 e. The zero-order chi connectivity index (χ0) is 25.0. The molecule has 1 atom stereocenters. The topological polar surface area (TPSA) is 105 Å². The SMILES string of the molecule is CC[C@H](C(=O)NC)N(Cc1ccc(Cl)cc1Cl)C(=O)CN(c1ccc2c(c1)OCO2)S(C)(=O)=O. The molecule has 2 aromatic carbocycles. The molecule has 2 aromatic rings. The van der Waals surface area contributed by atoms with Gasteiger partial charge in [-0.1, -0.05) is 36.2 Å². The van der Waals surface area contributed by atoms with Gasteiger partial charge in [0.05, 0.1) is 11.9 Å². The van der Waals surface area contributed by atoms with Crippen molar-refractivity contribution in [2.75, 3.05) is 30.9 Å². The number of ether oxygens (including phenoxy) is 2. The molecule has 1 N–H and O–H groups in total. The molecule has 0 saturated heterocycles. The summed E-state index contributed by atoms with van der Waals surface area (Å²) in [7, 11) is -2.39. The van der Waals surface area contributed by atoms with Gasteiger partial charge in [-0.05, 0) is 36.2 Å². The normalized spacial score (nSPS) is 13.3. The van der Waals surface area contributed by atoms with Crippen molar-refractivity contribution < 1.29 is 27.5 Å². The molecule has 0 bridgehead atoms. The second kappa shape index (κ2) is 10.7. The van der Waals surface area contributed by atoms with Crippen LogP contribution >= 0.6 is 23.2 Å². The molecule has 0 saturated carbocycles. The average molecular weight is 530 g/mol. The molecule has 0 fully saturated rings. The first kappa shape index (κ1) is 25.9. The summed E-state index contributed by atoms with van der Waals surface area (Å²) in [5.41, 5.74) is 0.799. The number of nitrogens with zero attached hydrogens (tertiary/aromatic N) is 2. The number of sulfonamides is 1. The maximum Gasteiger partial charge on any atom is 0.244 e. The van der Waals surface area contributed by atoms with Crippen LogP contribution in [-0.4, -0.2) is 57.8 Å². The summed E-state index contributed by atoms with van der Waals surface area (Å²) in [4.78, 5) is 27.4. The Morgan fingerprint density at radius 1 is 1.12 bits per heavy atom. The van der Waals surface area contributed by atoms with Crippen molar-refractivity contribution in [1.82, 2.24) is 10.2 Å². The molecule has 1 aliphatic rings. The molecule has 0 unspecified atom stereocenters. The summed E-state index contributed by atoms with van der Waals surface area (Å²) in [6.45, 7) is 1.24. The molecular formula is C22H25Cl2N3O6S. The Kier molecular flexibility index (Phi) is 8.17. The van der Waals surface area contributed by atoms with Crippen molar-refractivity contribution >= 4 is 50.7 Å². The van der Waals surface area contributed by atoms with Gasteiger partial charge in [-0.15, -0.1) is 0 Å². The van der Waals surface area contributed by atoms with E-state index in [1.54, 1.807) is 25.1 Å². The van der Waals surface area contributed by atoms with E-state index in [9.17, 15) is 18.0 Å². The van der Waals surface area contributed by atoms with Crippen LogP contribution in [0.1, 0.15) is 18.9 Å². The number of nitrogens with one attached hydrogen (secondary N) is 1. The van der Waals surface area contributed by atoms with Crippen molar-refractivity contribution in [2.45, 2.75) is 25.9 Å². The lowest BCUT2D eigenvalue weighted by molar-refractivity contribution is -0.140. The van der Waals surface area contributed by atoms with Crippen LogP contribution in [0.2, 0.25) is 10.0 Å². The fourth-order valence-electron chi connectivity index (χ4n) is 3.57. The van der Waals surface area contributed by atoms with Crippen LogP contribution in [-0.2, 0) is 26.2 Å². The molecule has 1 aliphatic heterocycles. The maximum atomic E-state index is 13.5. The molecule has 2 amide bonds. The summed E-state index contributed by atoms with van der Waals surface area (Å²) < 4.78 is 36.9. The van der Waals surface area contributed by atoms with Gasteiger partial charge in [0.2, 0.25) is 28.6 Å². The van der Waals surface area contributed by atoms with E-state index in [4.69, 9.17) is 32.7 Å². The van der Waals surface area contributed by atoms with Gasteiger partial charge >= 0.3 is 0 Å². The van der Waals surface area contributed by atoms with E-state index in [1.165, 1.54) is 30.1 Å². The molecule has 0 radical (unpaired) electrons. The van der Waals surface area contributed by atoms with Gasteiger partial charge in [0.15, 0.2) is 11.5 Å². The predicted molar refractivity (Wildman–Crippen MR) is 130 cm³/mol. The van der Waals surface area contributed by atoms with Crippen LogP contribution in [0, 0.1) is 0 Å². The molecular weight excluding hydrogens is 505 g/mol. The van der Waals surface area contributed by atoms with E-state index >= 15 is 0 Å². The second-order valence-electron chi connectivity index (χ2n) is 7.60. The fourth-order valence-corrected chi connectivity index (χ4v) is 4.88. The number of fused-ring (bicyclic) bond motifs is 1. The highest BCUT2D eigenvalue weighted by molar-refractivity contribution is 7.92. The van der Waals surface area contributed by atoms with E-state index in [-0.39, 0.29) is 24.9 Å². The number of hydrogen-bond acceptors (Lipinski definition) is 6. The number of likely N-dealkylation sites (N-methyl/N-ethyl adjacent to an activating group) is 1. The van der Waals surface area contributed by atoms with Crippen LogP contribution in [0.3, 0.4) is 0 Å². The standard InChI is InChI=1S/C22H25Cl2N3O6S/c1-4-18(22(29)25-2)26(11-14-5-6-15(23)9-17(14)24)21(28)12-27(34(3,30)31)16-7-8-19-20(10-16)33-13-32-19/h5-10,18H,4,11-13H2,1-3H3,(H,25,29)/t18-/m1/s1. The van der Waals surface area contributed by atoms with Crippen molar-refractivity contribution in [3.05, 3.63) is 52.0 Å². The lowest BCUT2D eigenvalue weighted by atomic mass is 10.1. The van der Waals surface area contributed by atoms with Gasteiger partial charge in [-0.3, -0.25) is 13.9 Å². The minimum absolute atomic E-state index is 0.0144. The van der Waals surface area contributed by atoms with Crippen molar-refractivity contribution in [2.24, 2.45) is 0 Å². The zero-order valence-corrected chi connectivity index (χ0v) is 21.2. The van der Waals surface area contributed by atoms with Gasteiger partial charge in [0.1, 0.15) is 12.6 Å². The van der Waals surface area contributed by atoms with Crippen LogP contribution in [0.25, 0.3) is 0 Å². The molecule has 12 heteroatoms. The lowest BCUT2D eigenvalue weighted by Crippen LogP contribution is -2.51. The number of carbonyl (C=O) groups is 2. The summed E-state index contributed by atoms with van der Waals surface area (Å²) in [5, 5.41) is 3.31. The molecule has 0 aliphatic carbocycles. The van der Waals surface area contributed by atoms with Crippen LogP contribution in [0.5, 0.6) is 11.5 Å². The number of rotatable bonds is 9. The molecule has 9 nitrogen and oxygen atoms in total. The number of carbonyl (C=O) groups excluding carboxylic acids is 2. The van der Waals surface area contributed by atoms with Crippen molar-refractivity contribution in [3.63, 3.8) is 0 Å². The van der Waals surface area contributed by atoms with Gasteiger partial charge in [-0.2, -0.15) is 0 Å². The molecule has 0 spiro atoms. The maximum absolute atomic E-state index is 13.5. The third-order valence-electron chi connectivity index (χ3n) is 5.31. The molecule has 0 aromatic heterocycles. The number of hydrogen-bond donors (Lipinski definition) is 1. The quantitative estimate of drug-likeness (QED) is 0.535. The van der Waals surface area contributed by atoms with E-state index in [2.05, 4.69) is 5.32 Å². The summed E-state index contributed by atoms with van der Waals surface area (Å²) in [6, 6.07) is 8.57. The number of anilines is 1. The lowest BCUT2D eigenvalue weighted by Gasteiger charge is -2.32. The first-order chi connectivity index (χ1) is 16.0. The van der Waals surface area contributed by atoms with Crippen LogP contribution < -0.4 is 19.1 Å². The van der Waals surface area contributed by atoms with Gasteiger partial charge in [0.25, 0.3) is 0 Å². The van der Waals surface area contributed by atoms with Gasteiger partial charge < -0.3 is 19.7 Å². The number of amides is 2. The Bertz CT molecular complexity index is 1190. The Labute approximate surface area is 208 Å². The zero-order valence-electron chi connectivity index (χ0n) is 18.9. The average Bonchev–Trinajstić information content (AvgIpc) is 3.25. The van der Waals surface area contributed by atoms with E-state index in [0.29, 0.717) is 33.5 Å². The monoisotopic (exact) mass is 529 g/mol. The minimum atomic E-state index is -3.86. The second-order valence-corrected chi connectivity index (χ2v) is 10.4. The Morgan fingerprint density at radius 2 is 1.82 bits per heavy atom. The molecule has 184 valence electrons. The molecule has 1 heterocycles. The first-order valence-corrected chi connectivity index (χ1v) is 13.0.